The van der Waals surface area contributed by atoms with E-state index in [-0.39, 0.29) is 11.8 Å². The lowest BCUT2D eigenvalue weighted by atomic mass is 10.1. The normalized spacial score (nSPS) is 11.9. The van der Waals surface area contributed by atoms with Crippen molar-refractivity contribution in [2.45, 2.75) is 52.5 Å². The second kappa shape index (κ2) is 12.4. The molecule has 2 aromatic carbocycles. The Hall–Kier alpha value is -2.27. The second-order valence-corrected chi connectivity index (χ2v) is 8.98. The van der Waals surface area contributed by atoms with E-state index in [2.05, 4.69) is 38.2 Å². The SMILES string of the molecule is CC[C@@H](C(=O)NCC(C)C)N(Cc1ccccc1)C(=O)CSCc1ccccc1C. The van der Waals surface area contributed by atoms with Gasteiger partial charge in [-0.2, -0.15) is 0 Å². The van der Waals surface area contributed by atoms with Crippen molar-refractivity contribution in [3.8, 4) is 0 Å². The van der Waals surface area contributed by atoms with Gasteiger partial charge in [0, 0.05) is 18.8 Å². The van der Waals surface area contributed by atoms with Crippen LogP contribution in [0.2, 0.25) is 0 Å². The summed E-state index contributed by atoms with van der Waals surface area (Å²) < 4.78 is 0. The highest BCUT2D eigenvalue weighted by Crippen LogP contribution is 2.19. The zero-order valence-corrected chi connectivity index (χ0v) is 19.4. The Morgan fingerprint density at radius 1 is 1.03 bits per heavy atom. The molecule has 0 aliphatic rings. The number of rotatable bonds is 11. The number of carbonyl (C=O) groups is 2. The predicted octanol–water partition coefficient (Wildman–Crippen LogP) is 4.81. The lowest BCUT2D eigenvalue weighted by Gasteiger charge is -2.31. The van der Waals surface area contributed by atoms with Crippen LogP contribution >= 0.6 is 11.8 Å². The monoisotopic (exact) mass is 426 g/mol. The molecule has 1 atom stereocenters. The average molecular weight is 427 g/mol. The molecular weight excluding hydrogens is 392 g/mol. The van der Waals surface area contributed by atoms with Gasteiger partial charge >= 0.3 is 0 Å². The van der Waals surface area contributed by atoms with Crippen LogP contribution in [0.25, 0.3) is 0 Å². The van der Waals surface area contributed by atoms with Crippen LogP contribution in [0.1, 0.15) is 43.9 Å². The maximum absolute atomic E-state index is 13.2. The maximum Gasteiger partial charge on any atom is 0.242 e. The van der Waals surface area contributed by atoms with Gasteiger partial charge in [0.2, 0.25) is 11.8 Å². The molecule has 30 heavy (non-hydrogen) atoms. The van der Waals surface area contributed by atoms with E-state index in [1.807, 2.05) is 49.4 Å². The van der Waals surface area contributed by atoms with Crippen molar-refractivity contribution in [3.05, 3.63) is 71.3 Å². The number of nitrogens with zero attached hydrogens (tertiary/aromatic N) is 1. The highest BCUT2D eigenvalue weighted by molar-refractivity contribution is 7.99. The van der Waals surface area contributed by atoms with E-state index in [0.29, 0.717) is 31.2 Å². The van der Waals surface area contributed by atoms with E-state index < -0.39 is 6.04 Å². The molecule has 4 nitrogen and oxygen atoms in total. The van der Waals surface area contributed by atoms with Crippen molar-refractivity contribution >= 4 is 23.6 Å². The topological polar surface area (TPSA) is 49.4 Å². The first-order valence-corrected chi connectivity index (χ1v) is 11.8. The van der Waals surface area contributed by atoms with Crippen molar-refractivity contribution in [1.82, 2.24) is 10.2 Å². The van der Waals surface area contributed by atoms with E-state index in [1.165, 1.54) is 11.1 Å². The van der Waals surface area contributed by atoms with E-state index in [1.54, 1.807) is 16.7 Å². The Bertz CT molecular complexity index is 808. The van der Waals surface area contributed by atoms with Gasteiger partial charge in [0.1, 0.15) is 6.04 Å². The van der Waals surface area contributed by atoms with Crippen molar-refractivity contribution < 1.29 is 9.59 Å². The second-order valence-electron chi connectivity index (χ2n) is 7.99. The summed E-state index contributed by atoms with van der Waals surface area (Å²) in [5.41, 5.74) is 3.51. The minimum Gasteiger partial charge on any atom is -0.354 e. The van der Waals surface area contributed by atoms with Gasteiger partial charge in [0.05, 0.1) is 5.75 Å². The Morgan fingerprint density at radius 2 is 1.70 bits per heavy atom. The van der Waals surface area contributed by atoms with Gasteiger partial charge in [-0.25, -0.2) is 0 Å². The molecule has 0 aliphatic heterocycles. The fourth-order valence-electron chi connectivity index (χ4n) is 3.23. The largest absolute Gasteiger partial charge is 0.354 e. The summed E-state index contributed by atoms with van der Waals surface area (Å²) >= 11 is 1.60. The van der Waals surface area contributed by atoms with Crippen LogP contribution in [0.4, 0.5) is 0 Å². The zero-order chi connectivity index (χ0) is 21.9. The standard InChI is InChI=1S/C25H34N2O2S/c1-5-23(25(29)26-15-19(2)3)27(16-21-12-7-6-8-13-21)24(28)18-30-17-22-14-10-9-11-20(22)4/h6-14,19,23H,5,15-18H2,1-4H3,(H,26,29)/t23-/m0/s1. The molecule has 0 aromatic heterocycles. The van der Waals surface area contributed by atoms with Gasteiger partial charge in [-0.15, -0.1) is 11.8 Å². The summed E-state index contributed by atoms with van der Waals surface area (Å²) in [5, 5.41) is 3.00. The fourth-order valence-corrected chi connectivity index (χ4v) is 4.21. The molecule has 2 rings (SSSR count). The van der Waals surface area contributed by atoms with Gasteiger partial charge in [-0.05, 0) is 36.0 Å². The molecule has 0 saturated heterocycles. The third-order valence-corrected chi connectivity index (χ3v) is 5.98. The highest BCUT2D eigenvalue weighted by Gasteiger charge is 2.28. The van der Waals surface area contributed by atoms with E-state index in [0.717, 1.165) is 11.3 Å². The lowest BCUT2D eigenvalue weighted by molar-refractivity contribution is -0.139. The molecule has 2 aromatic rings. The summed E-state index contributed by atoms with van der Waals surface area (Å²) in [6.45, 7) is 9.24. The lowest BCUT2D eigenvalue weighted by Crippen LogP contribution is -2.50. The first-order valence-electron chi connectivity index (χ1n) is 10.7. The molecular formula is C25H34N2O2S. The average Bonchev–Trinajstić information content (AvgIpc) is 2.74. The van der Waals surface area contributed by atoms with Crippen LogP contribution in [0.5, 0.6) is 0 Å². The molecule has 0 heterocycles. The molecule has 162 valence electrons. The minimum atomic E-state index is -0.462. The molecule has 0 unspecified atom stereocenters. The third kappa shape index (κ3) is 7.52. The molecule has 1 N–H and O–H groups in total. The summed E-state index contributed by atoms with van der Waals surface area (Å²) in [4.78, 5) is 27.8. The molecule has 0 aliphatic carbocycles. The number of thioether (sulfide) groups is 1. The predicted molar refractivity (Wildman–Crippen MR) is 126 cm³/mol. The van der Waals surface area contributed by atoms with Crippen molar-refractivity contribution in [1.29, 1.82) is 0 Å². The highest BCUT2D eigenvalue weighted by atomic mass is 32.2. The number of nitrogens with one attached hydrogen (secondary N) is 1. The number of hydrogen-bond acceptors (Lipinski definition) is 3. The quantitative estimate of drug-likeness (QED) is 0.561. The van der Waals surface area contributed by atoms with E-state index >= 15 is 0 Å². The Kier molecular flexibility index (Phi) is 9.95. The van der Waals surface area contributed by atoms with Crippen LogP contribution in [-0.2, 0) is 21.9 Å². The number of carbonyl (C=O) groups excluding carboxylic acids is 2. The Balaban J connectivity index is 2.09. The maximum atomic E-state index is 13.2. The Morgan fingerprint density at radius 3 is 2.33 bits per heavy atom. The minimum absolute atomic E-state index is 0.00369. The zero-order valence-electron chi connectivity index (χ0n) is 18.6. The molecule has 5 heteroatoms. The third-order valence-electron chi connectivity index (χ3n) is 5.01. The van der Waals surface area contributed by atoms with E-state index in [9.17, 15) is 9.59 Å². The van der Waals surface area contributed by atoms with Crippen LogP contribution in [-0.4, -0.2) is 35.1 Å². The van der Waals surface area contributed by atoms with Gasteiger partial charge in [-0.3, -0.25) is 9.59 Å². The fraction of sp³-hybridized carbons (Fsp3) is 0.440. The molecule has 0 saturated carbocycles. The van der Waals surface area contributed by atoms with Crippen molar-refractivity contribution in [2.75, 3.05) is 12.3 Å². The molecule has 0 bridgehead atoms. The van der Waals surface area contributed by atoms with Crippen LogP contribution in [0.3, 0.4) is 0 Å². The smallest absolute Gasteiger partial charge is 0.242 e. The first-order chi connectivity index (χ1) is 14.4. The Labute approximate surface area is 185 Å². The van der Waals surface area contributed by atoms with Gasteiger partial charge < -0.3 is 10.2 Å². The molecule has 0 fully saturated rings. The molecule has 0 spiro atoms. The van der Waals surface area contributed by atoms with Crippen LogP contribution < -0.4 is 5.32 Å². The first kappa shape index (κ1) is 24.0. The van der Waals surface area contributed by atoms with Crippen LogP contribution in [0, 0.1) is 12.8 Å². The summed E-state index contributed by atoms with van der Waals surface area (Å²) in [7, 11) is 0. The van der Waals surface area contributed by atoms with Gasteiger partial charge in [0.25, 0.3) is 0 Å². The summed E-state index contributed by atoms with van der Waals surface area (Å²) in [6.07, 6.45) is 0.588. The number of hydrogen-bond donors (Lipinski definition) is 1. The van der Waals surface area contributed by atoms with Gasteiger partial charge in [0.15, 0.2) is 0 Å². The van der Waals surface area contributed by atoms with Crippen LogP contribution in [0.15, 0.2) is 54.6 Å². The molecule has 0 radical (unpaired) electrons. The number of amides is 2. The number of benzene rings is 2. The van der Waals surface area contributed by atoms with Crippen molar-refractivity contribution in [3.63, 3.8) is 0 Å². The van der Waals surface area contributed by atoms with Crippen molar-refractivity contribution in [2.24, 2.45) is 5.92 Å². The summed E-state index contributed by atoms with van der Waals surface area (Å²) in [5.74, 6) is 1.45. The summed E-state index contributed by atoms with van der Waals surface area (Å²) in [6, 6.07) is 17.7. The van der Waals surface area contributed by atoms with E-state index in [4.69, 9.17) is 0 Å². The molecule has 2 amide bonds. The number of aryl methyl sites for hydroxylation is 1. The van der Waals surface area contributed by atoms with Gasteiger partial charge in [-0.1, -0.05) is 75.4 Å².